The lowest BCUT2D eigenvalue weighted by molar-refractivity contribution is 0.414. The van der Waals surface area contributed by atoms with Gasteiger partial charge in [0.25, 0.3) is 0 Å². The Kier molecular flexibility index (Phi) is 4.82. The molecule has 1 unspecified atom stereocenters. The minimum atomic E-state index is -3.88. The zero-order valence-corrected chi connectivity index (χ0v) is 16.5. The predicted molar refractivity (Wildman–Crippen MR) is 108 cm³/mol. The quantitative estimate of drug-likeness (QED) is 0.651. The average molecular weight is 417 g/mol. The summed E-state index contributed by atoms with van der Waals surface area (Å²) in [6, 6.07) is 13.6. The van der Waals surface area contributed by atoms with E-state index in [0.29, 0.717) is 16.5 Å². The van der Waals surface area contributed by atoms with Crippen molar-refractivity contribution in [1.82, 2.24) is 9.97 Å². The largest absolute Gasteiger partial charge is 0.497 e. The third-order valence-corrected chi connectivity index (χ3v) is 6.62. The van der Waals surface area contributed by atoms with Gasteiger partial charge in [0.1, 0.15) is 5.75 Å². The molecule has 7 nitrogen and oxygen atoms in total. The van der Waals surface area contributed by atoms with Crippen LogP contribution in [0.3, 0.4) is 0 Å². The number of ether oxygens (including phenoxy) is 1. The molecule has 3 aromatic rings. The van der Waals surface area contributed by atoms with Gasteiger partial charge in [-0.25, -0.2) is 13.6 Å². The number of halogens is 1. The molecule has 0 N–H and O–H groups in total. The second-order valence-corrected chi connectivity index (χ2v) is 8.33. The molecule has 0 amide bonds. The van der Waals surface area contributed by atoms with Crippen molar-refractivity contribution < 1.29 is 13.2 Å². The maximum absolute atomic E-state index is 13.4. The molecule has 1 aliphatic heterocycles. The number of anilines is 2. The van der Waals surface area contributed by atoms with Crippen LogP contribution in [0.5, 0.6) is 5.75 Å². The van der Waals surface area contributed by atoms with E-state index in [1.54, 1.807) is 31.4 Å². The fraction of sp³-hybridized carbons (Fsp3) is 0.158. The number of nitrogens with zero attached hydrogens (tertiary/aromatic N) is 4. The number of benzene rings is 2. The first-order valence-electron chi connectivity index (χ1n) is 8.48. The van der Waals surface area contributed by atoms with Crippen molar-refractivity contribution >= 4 is 33.3 Å². The molecule has 1 atom stereocenters. The Morgan fingerprint density at radius 2 is 1.93 bits per heavy atom. The van der Waals surface area contributed by atoms with Crippen LogP contribution in [0.1, 0.15) is 11.6 Å². The van der Waals surface area contributed by atoms with Crippen LogP contribution in [0.15, 0.2) is 67.1 Å². The average Bonchev–Trinajstić information content (AvgIpc) is 3.00. The van der Waals surface area contributed by atoms with E-state index in [1.807, 2.05) is 24.3 Å². The summed E-state index contributed by atoms with van der Waals surface area (Å²) in [5, 5.41) is 0.532. The van der Waals surface area contributed by atoms with Crippen molar-refractivity contribution in [3.8, 4) is 5.75 Å². The molecule has 0 saturated carbocycles. The van der Waals surface area contributed by atoms with Crippen LogP contribution in [0.2, 0.25) is 5.02 Å². The number of hydrogen-bond acceptors (Lipinski definition) is 5. The minimum absolute atomic E-state index is 0.191. The maximum Gasteiger partial charge on any atom is 0.328 e. The van der Waals surface area contributed by atoms with Crippen LogP contribution < -0.4 is 13.3 Å². The van der Waals surface area contributed by atoms with Crippen molar-refractivity contribution in [3.63, 3.8) is 0 Å². The first-order valence-corrected chi connectivity index (χ1v) is 10.3. The van der Waals surface area contributed by atoms with Gasteiger partial charge in [0.15, 0.2) is 5.82 Å². The highest BCUT2D eigenvalue weighted by molar-refractivity contribution is 7.94. The molecule has 1 fully saturated rings. The summed E-state index contributed by atoms with van der Waals surface area (Å²) in [5.41, 5.74) is 1.33. The van der Waals surface area contributed by atoms with E-state index in [-0.39, 0.29) is 12.4 Å². The van der Waals surface area contributed by atoms with Gasteiger partial charge in [-0.05, 0) is 42.0 Å². The molecule has 28 heavy (non-hydrogen) atoms. The van der Waals surface area contributed by atoms with Gasteiger partial charge in [-0.3, -0.25) is 4.98 Å². The molecule has 0 aliphatic carbocycles. The summed E-state index contributed by atoms with van der Waals surface area (Å²) >= 11 is 5.99. The second kappa shape index (κ2) is 7.29. The topological polar surface area (TPSA) is 75.6 Å². The third-order valence-electron chi connectivity index (χ3n) is 4.51. The highest BCUT2D eigenvalue weighted by Gasteiger charge is 2.45. The number of methoxy groups -OCH3 is 1. The van der Waals surface area contributed by atoms with Crippen LogP contribution in [0.4, 0.5) is 11.5 Å². The summed E-state index contributed by atoms with van der Waals surface area (Å²) in [6.07, 6.45) is 4.41. The van der Waals surface area contributed by atoms with Gasteiger partial charge in [-0.2, -0.15) is 8.42 Å². The van der Waals surface area contributed by atoms with Gasteiger partial charge in [0.05, 0.1) is 31.6 Å². The molecule has 1 aliphatic rings. The van der Waals surface area contributed by atoms with Gasteiger partial charge >= 0.3 is 10.2 Å². The molecule has 9 heteroatoms. The van der Waals surface area contributed by atoms with Crippen LogP contribution in [0.25, 0.3) is 0 Å². The standard InChI is InChI=1S/C19H17ClN4O3S/c1-27-17-4-2-3-14(11-17)18-13-23(19-12-21-9-10-22-19)28(25,26)24(18)16-7-5-15(20)6-8-16/h2-12,18H,13H2,1H3. The molecule has 2 heterocycles. The zero-order chi connectivity index (χ0) is 19.7. The van der Waals surface area contributed by atoms with Crippen molar-refractivity contribution in [2.24, 2.45) is 0 Å². The Bertz CT molecular complexity index is 1080. The molecule has 144 valence electrons. The highest BCUT2D eigenvalue weighted by Crippen LogP contribution is 2.40. The number of aromatic nitrogens is 2. The molecular formula is C19H17ClN4O3S. The van der Waals surface area contributed by atoms with Gasteiger partial charge in [-0.15, -0.1) is 0 Å². The molecule has 2 aromatic carbocycles. The lowest BCUT2D eigenvalue weighted by atomic mass is 10.1. The SMILES string of the molecule is COc1cccc(C2CN(c3cnccn3)S(=O)(=O)N2c2ccc(Cl)cc2)c1. The highest BCUT2D eigenvalue weighted by atomic mass is 35.5. The van der Waals surface area contributed by atoms with E-state index in [4.69, 9.17) is 16.3 Å². The van der Waals surface area contributed by atoms with E-state index in [2.05, 4.69) is 9.97 Å². The first kappa shape index (κ1) is 18.5. The van der Waals surface area contributed by atoms with Crippen LogP contribution in [-0.2, 0) is 10.2 Å². The summed E-state index contributed by atoms with van der Waals surface area (Å²) in [4.78, 5) is 8.18. The Morgan fingerprint density at radius 1 is 1.14 bits per heavy atom. The van der Waals surface area contributed by atoms with Crippen molar-refractivity contribution in [2.45, 2.75) is 6.04 Å². The third kappa shape index (κ3) is 3.25. The smallest absolute Gasteiger partial charge is 0.328 e. The Labute approximate surface area is 168 Å². The summed E-state index contributed by atoms with van der Waals surface area (Å²) < 4.78 is 34.8. The Hall–Kier alpha value is -2.84. The molecule has 1 aromatic heterocycles. The number of rotatable bonds is 4. The molecular weight excluding hydrogens is 400 g/mol. The monoisotopic (exact) mass is 416 g/mol. The van der Waals surface area contributed by atoms with E-state index in [9.17, 15) is 8.42 Å². The predicted octanol–water partition coefficient (Wildman–Crippen LogP) is 3.45. The van der Waals surface area contributed by atoms with Crippen LogP contribution in [0, 0.1) is 0 Å². The summed E-state index contributed by atoms with van der Waals surface area (Å²) in [5.74, 6) is 0.927. The normalized spacial score (nSPS) is 18.3. The van der Waals surface area contributed by atoms with E-state index >= 15 is 0 Å². The lowest BCUT2D eigenvalue weighted by Gasteiger charge is -2.24. The Balaban J connectivity index is 1.85. The van der Waals surface area contributed by atoms with Gasteiger partial charge in [-0.1, -0.05) is 23.7 Å². The van der Waals surface area contributed by atoms with Gasteiger partial charge in [0.2, 0.25) is 0 Å². The van der Waals surface area contributed by atoms with Crippen molar-refractivity contribution in [2.75, 3.05) is 22.3 Å². The first-order chi connectivity index (χ1) is 13.5. The van der Waals surface area contributed by atoms with Crippen molar-refractivity contribution in [1.29, 1.82) is 0 Å². The summed E-state index contributed by atoms with van der Waals surface area (Å²) in [6.45, 7) is 0.191. The molecule has 1 saturated heterocycles. The maximum atomic E-state index is 13.4. The van der Waals surface area contributed by atoms with Crippen LogP contribution >= 0.6 is 11.6 Å². The Morgan fingerprint density at radius 3 is 2.61 bits per heavy atom. The second-order valence-electron chi connectivity index (χ2n) is 6.17. The van der Waals surface area contributed by atoms with Gasteiger partial charge in [0, 0.05) is 17.4 Å². The van der Waals surface area contributed by atoms with E-state index in [1.165, 1.54) is 27.2 Å². The lowest BCUT2D eigenvalue weighted by Crippen LogP contribution is -2.34. The molecule has 0 bridgehead atoms. The summed E-state index contributed by atoms with van der Waals surface area (Å²) in [7, 11) is -2.31. The van der Waals surface area contributed by atoms with Gasteiger partial charge < -0.3 is 4.74 Å². The van der Waals surface area contributed by atoms with E-state index < -0.39 is 16.3 Å². The fourth-order valence-electron chi connectivity index (χ4n) is 3.21. The zero-order valence-electron chi connectivity index (χ0n) is 14.9. The fourth-order valence-corrected chi connectivity index (χ4v) is 5.11. The molecule has 0 spiro atoms. The van der Waals surface area contributed by atoms with Crippen molar-refractivity contribution in [3.05, 3.63) is 77.7 Å². The number of hydrogen-bond donors (Lipinski definition) is 0. The minimum Gasteiger partial charge on any atom is -0.497 e. The molecule has 0 radical (unpaired) electrons. The molecule has 4 rings (SSSR count). The van der Waals surface area contributed by atoms with Crippen LogP contribution in [-0.4, -0.2) is 32.0 Å². The van der Waals surface area contributed by atoms with E-state index in [0.717, 1.165) is 5.56 Å².